The van der Waals surface area contributed by atoms with Crippen molar-refractivity contribution in [3.63, 3.8) is 0 Å². The average Bonchev–Trinajstić information content (AvgIpc) is 2.37. The Labute approximate surface area is 115 Å². The Balaban J connectivity index is 2.48. The van der Waals surface area contributed by atoms with Gasteiger partial charge in [0, 0.05) is 0 Å². The molecule has 0 heterocycles. The minimum Gasteiger partial charge on any atom is -0.384 e. The van der Waals surface area contributed by atoms with Crippen LogP contribution >= 0.6 is 0 Å². The van der Waals surface area contributed by atoms with Crippen molar-refractivity contribution in [1.29, 1.82) is 0 Å². The molecule has 1 nitrogen and oxygen atoms in total. The highest BCUT2D eigenvalue weighted by Crippen LogP contribution is 2.32. The smallest absolute Gasteiger partial charge is 0.104 e. The van der Waals surface area contributed by atoms with Crippen LogP contribution in [0.2, 0.25) is 0 Å². The molecule has 0 saturated carbocycles. The molecule has 0 aliphatic heterocycles. The lowest BCUT2D eigenvalue weighted by Gasteiger charge is -2.25. The van der Waals surface area contributed by atoms with Gasteiger partial charge in [0.15, 0.2) is 0 Å². The summed E-state index contributed by atoms with van der Waals surface area (Å²) in [6.45, 7) is 8.57. The summed E-state index contributed by atoms with van der Waals surface area (Å²) in [5.41, 5.74) is 4.35. The van der Waals surface area contributed by atoms with Crippen LogP contribution < -0.4 is 0 Å². The molecule has 0 radical (unpaired) electrons. The summed E-state index contributed by atoms with van der Waals surface area (Å²) in [6.07, 6.45) is -0.560. The van der Waals surface area contributed by atoms with Crippen molar-refractivity contribution >= 4 is 0 Å². The van der Waals surface area contributed by atoms with Gasteiger partial charge in [-0.25, -0.2) is 0 Å². The average molecular weight is 254 g/mol. The van der Waals surface area contributed by atoms with Crippen LogP contribution in [0, 0.1) is 6.92 Å². The van der Waals surface area contributed by atoms with Gasteiger partial charge in [0.1, 0.15) is 6.10 Å². The zero-order valence-corrected chi connectivity index (χ0v) is 12.1. The summed E-state index contributed by atoms with van der Waals surface area (Å²) in [5.74, 6) is 0. The Morgan fingerprint density at radius 1 is 0.947 bits per heavy atom. The molecule has 0 aliphatic carbocycles. The lowest BCUT2D eigenvalue weighted by molar-refractivity contribution is 0.217. The number of hydrogen-bond acceptors (Lipinski definition) is 1. The summed E-state index contributed by atoms with van der Waals surface area (Å²) in [7, 11) is 0. The molecule has 1 atom stereocenters. The van der Waals surface area contributed by atoms with E-state index < -0.39 is 6.10 Å². The molecular weight excluding hydrogens is 232 g/mol. The first kappa shape index (κ1) is 13.8. The monoisotopic (exact) mass is 254 g/mol. The second kappa shape index (κ2) is 5.18. The van der Waals surface area contributed by atoms with Gasteiger partial charge >= 0.3 is 0 Å². The van der Waals surface area contributed by atoms with Gasteiger partial charge in [-0.2, -0.15) is 0 Å². The summed E-state index contributed by atoms with van der Waals surface area (Å²) in [6, 6.07) is 16.2. The Bertz CT molecular complexity index is 564. The first-order valence-corrected chi connectivity index (χ1v) is 6.73. The van der Waals surface area contributed by atoms with Gasteiger partial charge in [-0.05, 0) is 29.0 Å². The maximum atomic E-state index is 10.7. The maximum absolute atomic E-state index is 10.7. The van der Waals surface area contributed by atoms with E-state index in [4.69, 9.17) is 0 Å². The van der Waals surface area contributed by atoms with E-state index in [-0.39, 0.29) is 5.41 Å². The van der Waals surface area contributed by atoms with Gasteiger partial charge in [-0.1, -0.05) is 74.9 Å². The molecule has 0 aliphatic rings. The van der Waals surface area contributed by atoms with E-state index in [0.29, 0.717) is 0 Å². The molecule has 0 aromatic heterocycles. The number of aryl methyl sites for hydroxylation is 1. The Morgan fingerprint density at radius 3 is 2.26 bits per heavy atom. The van der Waals surface area contributed by atoms with Crippen LogP contribution in [-0.4, -0.2) is 5.11 Å². The van der Waals surface area contributed by atoms with E-state index in [1.54, 1.807) is 0 Å². The maximum Gasteiger partial charge on any atom is 0.104 e. The third-order valence-electron chi connectivity index (χ3n) is 3.42. The first-order valence-electron chi connectivity index (χ1n) is 6.73. The van der Waals surface area contributed by atoms with E-state index in [1.807, 2.05) is 49.4 Å². The molecular formula is C18H22O. The van der Waals surface area contributed by atoms with E-state index in [0.717, 1.165) is 11.1 Å². The van der Waals surface area contributed by atoms with Crippen molar-refractivity contribution in [1.82, 2.24) is 0 Å². The molecule has 0 fully saturated rings. The summed E-state index contributed by atoms with van der Waals surface area (Å²) < 4.78 is 0. The van der Waals surface area contributed by atoms with E-state index in [1.165, 1.54) is 11.1 Å². The molecule has 0 saturated heterocycles. The largest absolute Gasteiger partial charge is 0.384 e. The number of aliphatic hydroxyl groups is 1. The number of hydrogen-bond donors (Lipinski definition) is 1. The molecule has 1 heteroatoms. The second-order valence-electron chi connectivity index (χ2n) is 6.15. The first-order chi connectivity index (χ1) is 8.89. The van der Waals surface area contributed by atoms with Gasteiger partial charge in [0.05, 0.1) is 0 Å². The van der Waals surface area contributed by atoms with Crippen LogP contribution in [0.25, 0.3) is 0 Å². The predicted molar refractivity (Wildman–Crippen MR) is 80.4 cm³/mol. The van der Waals surface area contributed by atoms with E-state index in [9.17, 15) is 5.11 Å². The standard InChI is InChI=1S/C18H22O/c1-13-8-7-9-14(12-13)17(19)15-10-5-6-11-16(15)18(2,3)4/h5-12,17,19H,1-4H3. The lowest BCUT2D eigenvalue weighted by atomic mass is 9.81. The van der Waals surface area contributed by atoms with Crippen molar-refractivity contribution in [3.8, 4) is 0 Å². The summed E-state index contributed by atoms with van der Waals surface area (Å²) in [4.78, 5) is 0. The second-order valence-corrected chi connectivity index (χ2v) is 6.15. The van der Waals surface area contributed by atoms with Crippen molar-refractivity contribution in [3.05, 3.63) is 70.8 Å². The highest BCUT2D eigenvalue weighted by molar-refractivity contribution is 5.40. The Kier molecular flexibility index (Phi) is 3.77. The lowest BCUT2D eigenvalue weighted by Crippen LogP contribution is -2.16. The summed E-state index contributed by atoms with van der Waals surface area (Å²) >= 11 is 0. The zero-order valence-electron chi connectivity index (χ0n) is 12.1. The Hall–Kier alpha value is -1.60. The van der Waals surface area contributed by atoms with Gasteiger partial charge in [0.25, 0.3) is 0 Å². The third-order valence-corrected chi connectivity index (χ3v) is 3.42. The highest BCUT2D eigenvalue weighted by atomic mass is 16.3. The van der Waals surface area contributed by atoms with Crippen molar-refractivity contribution in [2.45, 2.75) is 39.2 Å². The minimum atomic E-state index is -0.560. The molecule has 100 valence electrons. The molecule has 2 rings (SSSR count). The Morgan fingerprint density at radius 2 is 1.63 bits per heavy atom. The third kappa shape index (κ3) is 3.05. The highest BCUT2D eigenvalue weighted by Gasteiger charge is 2.22. The molecule has 1 unspecified atom stereocenters. The number of benzene rings is 2. The van der Waals surface area contributed by atoms with E-state index in [2.05, 4.69) is 26.8 Å². The van der Waals surface area contributed by atoms with Gasteiger partial charge < -0.3 is 5.11 Å². The fraction of sp³-hybridized carbons (Fsp3) is 0.333. The molecule has 0 bridgehead atoms. The fourth-order valence-electron chi connectivity index (χ4n) is 2.44. The summed E-state index contributed by atoms with van der Waals surface area (Å²) in [5, 5.41) is 10.7. The number of rotatable bonds is 2. The van der Waals surface area contributed by atoms with Crippen LogP contribution in [0.5, 0.6) is 0 Å². The van der Waals surface area contributed by atoms with E-state index >= 15 is 0 Å². The SMILES string of the molecule is Cc1cccc(C(O)c2ccccc2C(C)(C)C)c1. The molecule has 2 aromatic carbocycles. The minimum absolute atomic E-state index is 0.0292. The van der Waals surface area contributed by atoms with Gasteiger partial charge in [0.2, 0.25) is 0 Å². The van der Waals surface area contributed by atoms with Crippen LogP contribution in [0.1, 0.15) is 49.1 Å². The van der Waals surface area contributed by atoms with Crippen LogP contribution in [0.15, 0.2) is 48.5 Å². The zero-order chi connectivity index (χ0) is 14.0. The van der Waals surface area contributed by atoms with Crippen molar-refractivity contribution < 1.29 is 5.11 Å². The van der Waals surface area contributed by atoms with Crippen LogP contribution in [0.4, 0.5) is 0 Å². The predicted octanol–water partition coefficient (Wildman–Crippen LogP) is 4.37. The topological polar surface area (TPSA) is 20.2 Å². The molecule has 0 amide bonds. The van der Waals surface area contributed by atoms with Gasteiger partial charge in [-0.3, -0.25) is 0 Å². The quantitative estimate of drug-likeness (QED) is 0.843. The fourth-order valence-corrected chi connectivity index (χ4v) is 2.44. The normalized spacial score (nSPS) is 13.3. The van der Waals surface area contributed by atoms with Crippen molar-refractivity contribution in [2.24, 2.45) is 0 Å². The van der Waals surface area contributed by atoms with Crippen LogP contribution in [0.3, 0.4) is 0 Å². The molecule has 1 N–H and O–H groups in total. The molecule has 19 heavy (non-hydrogen) atoms. The molecule has 2 aromatic rings. The van der Waals surface area contributed by atoms with Crippen molar-refractivity contribution in [2.75, 3.05) is 0 Å². The van der Waals surface area contributed by atoms with Crippen LogP contribution in [-0.2, 0) is 5.41 Å². The van der Waals surface area contributed by atoms with Gasteiger partial charge in [-0.15, -0.1) is 0 Å². The molecule has 0 spiro atoms. The number of aliphatic hydroxyl groups excluding tert-OH is 1.